The average molecular weight is 439 g/mol. The number of likely N-dealkylation sites (N-methyl/N-ethyl adjacent to an activating group) is 1. The van der Waals surface area contributed by atoms with Gasteiger partial charge in [0.05, 0.1) is 12.1 Å². The van der Waals surface area contributed by atoms with Crippen molar-refractivity contribution < 1.29 is 14.1 Å². The number of hydrogen-bond acceptors (Lipinski definition) is 6. The zero-order chi connectivity index (χ0) is 21.8. The van der Waals surface area contributed by atoms with Gasteiger partial charge in [-0.25, -0.2) is 0 Å². The molecule has 0 bridgehead atoms. The number of thiophene rings is 1. The number of carbonyl (C=O) groups excluding carboxylic acids is 2. The minimum Gasteiger partial charge on any atom is -0.365 e. The summed E-state index contributed by atoms with van der Waals surface area (Å²) in [5.41, 5.74) is 8.93. The van der Waals surface area contributed by atoms with Gasteiger partial charge in [-0.3, -0.25) is 14.5 Å². The minimum absolute atomic E-state index is 0.143. The first kappa shape index (κ1) is 21.3. The van der Waals surface area contributed by atoms with Crippen molar-refractivity contribution in [3.63, 3.8) is 0 Å². The summed E-state index contributed by atoms with van der Waals surface area (Å²) in [4.78, 5) is 27.5. The Labute approximate surface area is 185 Å². The summed E-state index contributed by atoms with van der Waals surface area (Å²) < 4.78 is 5.44. The second-order valence-electron chi connectivity index (χ2n) is 7.86. The molecule has 31 heavy (non-hydrogen) atoms. The fraction of sp³-hybridized carbons (Fsp3) is 0.348. The first-order valence-corrected chi connectivity index (χ1v) is 11.3. The number of rotatable bonds is 9. The van der Waals surface area contributed by atoms with Gasteiger partial charge in [0.15, 0.2) is 0 Å². The summed E-state index contributed by atoms with van der Waals surface area (Å²) in [7, 11) is 1.90. The van der Waals surface area contributed by atoms with Gasteiger partial charge in [-0.2, -0.15) is 0 Å². The van der Waals surface area contributed by atoms with E-state index in [1.165, 1.54) is 16.2 Å². The van der Waals surface area contributed by atoms with Crippen LogP contribution in [0.5, 0.6) is 0 Å². The molecule has 1 aliphatic rings. The third-order valence-electron chi connectivity index (χ3n) is 5.43. The van der Waals surface area contributed by atoms with Crippen LogP contribution in [-0.2, 0) is 24.1 Å². The minimum atomic E-state index is -0.468. The number of anilines is 1. The third kappa shape index (κ3) is 5.03. The highest BCUT2D eigenvalue weighted by molar-refractivity contribution is 7.17. The van der Waals surface area contributed by atoms with E-state index in [4.69, 9.17) is 10.3 Å². The van der Waals surface area contributed by atoms with E-state index in [1.807, 2.05) is 48.3 Å². The van der Waals surface area contributed by atoms with E-state index in [0.29, 0.717) is 10.6 Å². The predicted octanol–water partition coefficient (Wildman–Crippen LogP) is 3.49. The number of amides is 2. The van der Waals surface area contributed by atoms with E-state index in [-0.39, 0.29) is 12.5 Å². The Balaban J connectivity index is 1.25. The summed E-state index contributed by atoms with van der Waals surface area (Å²) >= 11 is 1.48. The van der Waals surface area contributed by atoms with Crippen LogP contribution < -0.4 is 11.1 Å². The lowest BCUT2D eigenvalue weighted by Gasteiger charge is -2.15. The van der Waals surface area contributed by atoms with Crippen LogP contribution >= 0.6 is 11.3 Å². The number of nitrogens with one attached hydrogen (secondary N) is 1. The molecule has 4 rings (SSSR count). The van der Waals surface area contributed by atoms with Gasteiger partial charge in [-0.05, 0) is 44.8 Å². The Bertz CT molecular complexity index is 1070. The Morgan fingerprint density at radius 3 is 2.84 bits per heavy atom. The molecule has 0 radical (unpaired) electrons. The van der Waals surface area contributed by atoms with Gasteiger partial charge in [0.1, 0.15) is 16.5 Å². The molecule has 162 valence electrons. The normalized spacial score (nSPS) is 12.8. The molecular formula is C23H26N4O3S. The number of fused-ring (bicyclic) bond motifs is 1. The van der Waals surface area contributed by atoms with Crippen molar-refractivity contribution in [3.05, 3.63) is 58.2 Å². The fourth-order valence-electron chi connectivity index (χ4n) is 3.94. The molecule has 3 N–H and O–H groups in total. The van der Waals surface area contributed by atoms with E-state index in [0.717, 1.165) is 61.2 Å². The van der Waals surface area contributed by atoms with Gasteiger partial charge < -0.3 is 15.6 Å². The van der Waals surface area contributed by atoms with Crippen LogP contribution in [0.25, 0.3) is 11.3 Å². The molecule has 1 aliphatic carbocycles. The predicted molar refractivity (Wildman–Crippen MR) is 121 cm³/mol. The zero-order valence-corrected chi connectivity index (χ0v) is 18.3. The SMILES string of the molecule is CN(CCCc1cc(-c2ccccc2)no1)CC(=O)Nc1sc2c(c1C(N)=O)CCC2. The molecule has 8 heteroatoms. The quantitative estimate of drug-likeness (QED) is 0.532. The maximum Gasteiger partial charge on any atom is 0.251 e. The van der Waals surface area contributed by atoms with E-state index >= 15 is 0 Å². The lowest BCUT2D eigenvalue weighted by Crippen LogP contribution is -2.31. The summed E-state index contributed by atoms with van der Waals surface area (Å²) in [6.45, 7) is 0.977. The van der Waals surface area contributed by atoms with E-state index in [2.05, 4.69) is 10.5 Å². The fourth-order valence-corrected chi connectivity index (χ4v) is 5.25. The molecule has 2 amide bonds. The smallest absolute Gasteiger partial charge is 0.251 e. The number of nitrogens with zero attached hydrogens (tertiary/aromatic N) is 2. The Morgan fingerprint density at radius 2 is 2.06 bits per heavy atom. The van der Waals surface area contributed by atoms with E-state index < -0.39 is 5.91 Å². The first-order valence-electron chi connectivity index (χ1n) is 10.4. The van der Waals surface area contributed by atoms with Crippen LogP contribution in [0.15, 0.2) is 40.9 Å². The summed E-state index contributed by atoms with van der Waals surface area (Å²) in [6, 6.07) is 11.9. The van der Waals surface area contributed by atoms with Gasteiger partial charge >= 0.3 is 0 Å². The van der Waals surface area contributed by atoms with Crippen molar-refractivity contribution in [1.82, 2.24) is 10.1 Å². The molecule has 1 aromatic carbocycles. The van der Waals surface area contributed by atoms with Crippen LogP contribution in [0.2, 0.25) is 0 Å². The van der Waals surface area contributed by atoms with Crippen LogP contribution in [0.4, 0.5) is 5.00 Å². The molecule has 0 atom stereocenters. The van der Waals surface area contributed by atoms with E-state index in [1.54, 1.807) is 0 Å². The number of aromatic nitrogens is 1. The molecule has 2 aromatic heterocycles. The first-order chi connectivity index (χ1) is 15.0. The Hall–Kier alpha value is -2.97. The number of hydrogen-bond donors (Lipinski definition) is 2. The molecule has 7 nitrogen and oxygen atoms in total. The Morgan fingerprint density at radius 1 is 1.26 bits per heavy atom. The highest BCUT2D eigenvalue weighted by atomic mass is 32.1. The second kappa shape index (κ2) is 9.45. The second-order valence-corrected chi connectivity index (χ2v) is 8.96. The molecule has 3 aromatic rings. The lowest BCUT2D eigenvalue weighted by molar-refractivity contribution is -0.117. The summed E-state index contributed by atoms with van der Waals surface area (Å²) in [5, 5.41) is 7.61. The van der Waals surface area contributed by atoms with Gasteiger partial charge in [-0.1, -0.05) is 35.5 Å². The molecule has 0 aliphatic heterocycles. The van der Waals surface area contributed by atoms with Crippen molar-refractivity contribution in [2.45, 2.75) is 32.1 Å². The standard InChI is InChI=1S/C23H26N4O3S/c1-27(12-6-9-16-13-18(26-30-16)15-7-3-2-4-8-15)14-20(28)25-23-21(22(24)29)17-10-5-11-19(17)31-23/h2-4,7-8,13H,5-6,9-12,14H2,1H3,(H2,24,29)(H,25,28). The molecule has 0 saturated heterocycles. The molecular weight excluding hydrogens is 412 g/mol. The van der Waals surface area contributed by atoms with Crippen LogP contribution in [0, 0.1) is 0 Å². The number of primary amides is 1. The lowest BCUT2D eigenvalue weighted by atomic mass is 10.1. The largest absolute Gasteiger partial charge is 0.365 e. The highest BCUT2D eigenvalue weighted by Crippen LogP contribution is 2.38. The summed E-state index contributed by atoms with van der Waals surface area (Å²) in [6.07, 6.45) is 4.43. The van der Waals surface area contributed by atoms with Crippen molar-refractivity contribution in [1.29, 1.82) is 0 Å². The third-order valence-corrected chi connectivity index (χ3v) is 6.63. The number of nitrogens with two attached hydrogens (primary N) is 1. The van der Waals surface area contributed by atoms with Gasteiger partial charge in [-0.15, -0.1) is 11.3 Å². The number of carbonyl (C=O) groups is 2. The monoisotopic (exact) mass is 438 g/mol. The van der Waals surface area contributed by atoms with Crippen molar-refractivity contribution in [3.8, 4) is 11.3 Å². The maximum atomic E-state index is 12.5. The molecule has 2 heterocycles. The van der Waals surface area contributed by atoms with Crippen LogP contribution in [-0.4, -0.2) is 42.0 Å². The Kier molecular flexibility index (Phi) is 6.48. The van der Waals surface area contributed by atoms with E-state index in [9.17, 15) is 9.59 Å². The molecule has 0 fully saturated rings. The topological polar surface area (TPSA) is 101 Å². The zero-order valence-electron chi connectivity index (χ0n) is 17.5. The number of aryl methyl sites for hydroxylation is 2. The molecule has 0 saturated carbocycles. The average Bonchev–Trinajstić information content (AvgIpc) is 3.44. The van der Waals surface area contributed by atoms with Crippen molar-refractivity contribution in [2.24, 2.45) is 5.73 Å². The molecule has 0 spiro atoms. The van der Waals surface area contributed by atoms with Crippen LogP contribution in [0.3, 0.4) is 0 Å². The van der Waals surface area contributed by atoms with Gasteiger partial charge in [0.2, 0.25) is 5.91 Å². The van der Waals surface area contributed by atoms with Gasteiger partial charge in [0.25, 0.3) is 5.91 Å². The highest BCUT2D eigenvalue weighted by Gasteiger charge is 2.26. The van der Waals surface area contributed by atoms with Gasteiger partial charge in [0, 0.05) is 22.9 Å². The number of benzene rings is 1. The molecule has 0 unspecified atom stereocenters. The van der Waals surface area contributed by atoms with Crippen molar-refractivity contribution >= 4 is 28.2 Å². The summed E-state index contributed by atoms with van der Waals surface area (Å²) in [5.74, 6) is 0.219. The maximum absolute atomic E-state index is 12.5. The van der Waals surface area contributed by atoms with Crippen LogP contribution in [0.1, 0.15) is 39.4 Å². The van der Waals surface area contributed by atoms with Crippen molar-refractivity contribution in [2.75, 3.05) is 25.5 Å².